The van der Waals surface area contributed by atoms with Crippen molar-refractivity contribution in [2.75, 3.05) is 0 Å². The standard InChI is InChI=1S/C9H6BrF/c1-7-2-3-9(11)6-8(7)4-5-10/h2-3,6H,1H3. The maximum absolute atomic E-state index is 12.6. The van der Waals surface area contributed by atoms with E-state index in [9.17, 15) is 4.39 Å². The lowest BCUT2D eigenvalue weighted by Gasteiger charge is -1.95. The van der Waals surface area contributed by atoms with Gasteiger partial charge in [-0.2, -0.15) is 0 Å². The van der Waals surface area contributed by atoms with Crippen LogP contribution in [-0.4, -0.2) is 0 Å². The van der Waals surface area contributed by atoms with Crippen LogP contribution >= 0.6 is 15.9 Å². The second-order valence-electron chi connectivity index (χ2n) is 2.18. The molecule has 0 N–H and O–H groups in total. The molecule has 0 amide bonds. The SMILES string of the molecule is Cc1ccc(F)cc1C#CBr. The van der Waals surface area contributed by atoms with E-state index in [0.717, 1.165) is 11.1 Å². The molecular formula is C9H6BrF. The normalized spacial score (nSPS) is 8.64. The van der Waals surface area contributed by atoms with E-state index in [-0.39, 0.29) is 5.82 Å². The van der Waals surface area contributed by atoms with Gasteiger partial charge in [-0.3, -0.25) is 0 Å². The first-order valence-corrected chi connectivity index (χ1v) is 3.91. The zero-order chi connectivity index (χ0) is 8.27. The Labute approximate surface area is 73.6 Å². The number of halogens is 2. The van der Waals surface area contributed by atoms with Crippen LogP contribution in [0, 0.1) is 23.5 Å². The molecule has 0 aliphatic rings. The van der Waals surface area contributed by atoms with Gasteiger partial charge < -0.3 is 0 Å². The summed E-state index contributed by atoms with van der Waals surface area (Å²) in [6.07, 6.45) is 0. The van der Waals surface area contributed by atoms with Gasteiger partial charge in [-0.1, -0.05) is 12.0 Å². The lowest BCUT2D eigenvalue weighted by atomic mass is 10.1. The van der Waals surface area contributed by atoms with Gasteiger partial charge >= 0.3 is 0 Å². The van der Waals surface area contributed by atoms with Crippen molar-refractivity contribution in [3.05, 3.63) is 35.1 Å². The van der Waals surface area contributed by atoms with E-state index in [1.807, 2.05) is 6.92 Å². The molecule has 0 bridgehead atoms. The summed E-state index contributed by atoms with van der Waals surface area (Å²) in [5.74, 6) is 2.49. The quantitative estimate of drug-likeness (QED) is 0.581. The minimum Gasteiger partial charge on any atom is -0.207 e. The molecule has 0 fully saturated rings. The van der Waals surface area contributed by atoms with Gasteiger partial charge in [-0.05, 0) is 29.4 Å². The number of hydrogen-bond donors (Lipinski definition) is 0. The average molecular weight is 213 g/mol. The Hall–Kier alpha value is -0.810. The number of rotatable bonds is 0. The molecule has 0 aliphatic heterocycles. The fraction of sp³-hybridized carbons (Fsp3) is 0.111. The summed E-state index contributed by atoms with van der Waals surface area (Å²) in [6.45, 7) is 1.89. The van der Waals surface area contributed by atoms with Gasteiger partial charge in [-0.25, -0.2) is 4.39 Å². The molecule has 2 heteroatoms. The molecule has 0 radical (unpaired) electrons. The second-order valence-corrected chi connectivity index (χ2v) is 2.58. The highest BCUT2D eigenvalue weighted by Gasteiger charge is 1.95. The highest BCUT2D eigenvalue weighted by molar-refractivity contribution is 9.12. The van der Waals surface area contributed by atoms with E-state index in [1.54, 1.807) is 6.07 Å². The van der Waals surface area contributed by atoms with Crippen LogP contribution in [0.1, 0.15) is 11.1 Å². The third kappa shape index (κ3) is 2.06. The van der Waals surface area contributed by atoms with Gasteiger partial charge in [0.2, 0.25) is 0 Å². The zero-order valence-corrected chi connectivity index (χ0v) is 7.57. The molecule has 0 aliphatic carbocycles. The smallest absolute Gasteiger partial charge is 0.124 e. The summed E-state index contributed by atoms with van der Waals surface area (Å²) in [5.41, 5.74) is 1.71. The Morgan fingerprint density at radius 3 is 2.82 bits per heavy atom. The Kier molecular flexibility index (Phi) is 2.67. The molecule has 0 spiro atoms. The number of aryl methyl sites for hydroxylation is 1. The predicted molar refractivity (Wildman–Crippen MR) is 46.9 cm³/mol. The van der Waals surface area contributed by atoms with Crippen molar-refractivity contribution in [3.63, 3.8) is 0 Å². The predicted octanol–water partition coefficient (Wildman–Crippen LogP) is 2.84. The van der Waals surface area contributed by atoms with Crippen LogP contribution in [0.5, 0.6) is 0 Å². The van der Waals surface area contributed by atoms with Crippen LogP contribution in [0.3, 0.4) is 0 Å². The molecule has 0 saturated carbocycles. The monoisotopic (exact) mass is 212 g/mol. The van der Waals surface area contributed by atoms with Crippen LogP contribution in [0.25, 0.3) is 0 Å². The lowest BCUT2D eigenvalue weighted by Crippen LogP contribution is -1.82. The minimum atomic E-state index is -0.249. The first-order chi connectivity index (χ1) is 5.24. The van der Waals surface area contributed by atoms with E-state index in [1.165, 1.54) is 12.1 Å². The maximum atomic E-state index is 12.6. The fourth-order valence-corrected chi connectivity index (χ4v) is 0.993. The molecule has 0 saturated heterocycles. The van der Waals surface area contributed by atoms with Crippen LogP contribution in [0.2, 0.25) is 0 Å². The molecule has 1 aromatic carbocycles. The zero-order valence-electron chi connectivity index (χ0n) is 5.99. The Bertz CT molecular complexity index is 320. The van der Waals surface area contributed by atoms with Crippen molar-refractivity contribution in [1.82, 2.24) is 0 Å². The van der Waals surface area contributed by atoms with Gasteiger partial charge in [0.05, 0.1) is 0 Å². The van der Waals surface area contributed by atoms with E-state index in [0.29, 0.717) is 0 Å². The molecule has 0 unspecified atom stereocenters. The molecule has 11 heavy (non-hydrogen) atoms. The van der Waals surface area contributed by atoms with Crippen molar-refractivity contribution in [1.29, 1.82) is 0 Å². The maximum Gasteiger partial charge on any atom is 0.124 e. The second kappa shape index (κ2) is 3.54. The van der Waals surface area contributed by atoms with Crippen LogP contribution < -0.4 is 0 Å². The fourth-order valence-electron chi connectivity index (χ4n) is 0.780. The molecular weight excluding hydrogens is 207 g/mol. The summed E-state index contributed by atoms with van der Waals surface area (Å²) < 4.78 is 12.6. The Balaban J connectivity index is 3.19. The Morgan fingerprint density at radius 2 is 2.18 bits per heavy atom. The first-order valence-electron chi connectivity index (χ1n) is 3.12. The van der Waals surface area contributed by atoms with Gasteiger partial charge in [0.15, 0.2) is 0 Å². The van der Waals surface area contributed by atoms with Gasteiger partial charge in [0, 0.05) is 21.5 Å². The summed E-state index contributed by atoms with van der Waals surface area (Å²) in [7, 11) is 0. The molecule has 0 atom stereocenters. The molecule has 56 valence electrons. The van der Waals surface area contributed by atoms with E-state index >= 15 is 0 Å². The van der Waals surface area contributed by atoms with Crippen LogP contribution in [0.4, 0.5) is 4.39 Å². The van der Waals surface area contributed by atoms with Crippen molar-refractivity contribution >= 4 is 15.9 Å². The van der Waals surface area contributed by atoms with Crippen molar-refractivity contribution in [2.24, 2.45) is 0 Å². The van der Waals surface area contributed by atoms with E-state index in [4.69, 9.17) is 0 Å². The van der Waals surface area contributed by atoms with Crippen LogP contribution in [-0.2, 0) is 0 Å². The molecule has 0 nitrogen and oxygen atoms in total. The first kappa shape index (κ1) is 8.29. The van der Waals surface area contributed by atoms with Gasteiger partial charge in [0.1, 0.15) is 5.82 Å². The summed E-state index contributed by atoms with van der Waals surface area (Å²) in [4.78, 5) is 2.55. The minimum absolute atomic E-state index is 0.249. The topological polar surface area (TPSA) is 0 Å². The van der Waals surface area contributed by atoms with Gasteiger partial charge in [0.25, 0.3) is 0 Å². The molecule has 1 aromatic rings. The summed E-state index contributed by atoms with van der Waals surface area (Å²) >= 11 is 2.96. The highest BCUT2D eigenvalue weighted by Crippen LogP contribution is 2.08. The highest BCUT2D eigenvalue weighted by atomic mass is 79.9. The molecule has 1 rings (SSSR count). The largest absolute Gasteiger partial charge is 0.207 e. The van der Waals surface area contributed by atoms with E-state index < -0.39 is 0 Å². The van der Waals surface area contributed by atoms with Crippen LogP contribution in [0.15, 0.2) is 18.2 Å². The number of benzene rings is 1. The summed E-state index contributed by atoms with van der Waals surface area (Å²) in [5, 5.41) is 0. The van der Waals surface area contributed by atoms with Gasteiger partial charge in [-0.15, -0.1) is 0 Å². The summed E-state index contributed by atoms with van der Waals surface area (Å²) in [6, 6.07) is 4.56. The molecule has 0 aromatic heterocycles. The van der Waals surface area contributed by atoms with Crippen molar-refractivity contribution < 1.29 is 4.39 Å². The molecule has 0 heterocycles. The number of hydrogen-bond acceptors (Lipinski definition) is 0. The van der Waals surface area contributed by atoms with E-state index in [2.05, 4.69) is 26.7 Å². The Morgan fingerprint density at radius 1 is 1.45 bits per heavy atom. The average Bonchev–Trinajstić information content (AvgIpc) is 1.98. The third-order valence-corrected chi connectivity index (χ3v) is 1.58. The van der Waals surface area contributed by atoms with Crippen molar-refractivity contribution in [3.8, 4) is 10.8 Å². The lowest BCUT2D eigenvalue weighted by molar-refractivity contribution is 0.627. The van der Waals surface area contributed by atoms with Crippen molar-refractivity contribution in [2.45, 2.75) is 6.92 Å². The third-order valence-electron chi connectivity index (χ3n) is 1.38.